The van der Waals surface area contributed by atoms with E-state index in [1.807, 2.05) is 19.1 Å². The Morgan fingerprint density at radius 3 is 2.94 bits per heavy atom. The quantitative estimate of drug-likeness (QED) is 0.738. The van der Waals surface area contributed by atoms with Crippen LogP contribution in [0.3, 0.4) is 0 Å². The molecule has 0 atom stereocenters. The van der Waals surface area contributed by atoms with Gasteiger partial charge in [0.15, 0.2) is 0 Å². The largest absolute Gasteiger partial charge is 0.365 e. The molecule has 5 nitrogen and oxygen atoms in total. The molecule has 0 saturated carbocycles. The Bertz CT molecular complexity index is 743. The first-order valence-electron chi connectivity index (χ1n) is 5.35. The van der Waals surface area contributed by atoms with Crippen LogP contribution in [0.15, 0.2) is 24.5 Å². The Hall–Kier alpha value is -2.21. The molecule has 3 rings (SSSR count). The van der Waals surface area contributed by atoms with Crippen LogP contribution in [0.1, 0.15) is 15.2 Å². The summed E-state index contributed by atoms with van der Waals surface area (Å²) in [6, 6.07) is 3.98. The third-order valence-electron chi connectivity index (χ3n) is 2.79. The average Bonchev–Trinajstić information content (AvgIpc) is 2.95. The number of rotatable bonds is 2. The van der Waals surface area contributed by atoms with Crippen LogP contribution in [0, 0.1) is 6.92 Å². The number of fused-ring (bicyclic) bond motifs is 1. The molecule has 3 N–H and O–H groups in total. The first kappa shape index (κ1) is 10.9. The molecule has 0 aliphatic carbocycles. The van der Waals surface area contributed by atoms with E-state index in [-0.39, 0.29) is 0 Å². The number of nitrogens with one attached hydrogen (secondary N) is 1. The lowest BCUT2D eigenvalue weighted by molar-refractivity contribution is 0.100. The van der Waals surface area contributed by atoms with Gasteiger partial charge in [0, 0.05) is 10.9 Å². The van der Waals surface area contributed by atoms with Crippen LogP contribution in [0.2, 0.25) is 0 Å². The Kier molecular flexibility index (Phi) is 2.38. The molecule has 1 amide bonds. The van der Waals surface area contributed by atoms with Gasteiger partial charge < -0.3 is 5.73 Å². The summed E-state index contributed by atoms with van der Waals surface area (Å²) in [7, 11) is 0. The Morgan fingerprint density at radius 2 is 2.22 bits per heavy atom. The summed E-state index contributed by atoms with van der Waals surface area (Å²) in [5, 5.41) is 8.74. The highest BCUT2D eigenvalue weighted by Gasteiger charge is 2.14. The summed E-state index contributed by atoms with van der Waals surface area (Å²) in [6.45, 7) is 2.01. The van der Waals surface area contributed by atoms with E-state index in [4.69, 9.17) is 5.73 Å². The molecule has 0 saturated heterocycles. The molecular weight excluding hydrogens is 248 g/mol. The second-order valence-electron chi connectivity index (χ2n) is 3.98. The Balaban J connectivity index is 2.26. The predicted octanol–water partition coefficient (Wildman–Crippen LogP) is 2.09. The monoisotopic (exact) mass is 258 g/mol. The molecule has 0 fully saturated rings. The van der Waals surface area contributed by atoms with Gasteiger partial charge >= 0.3 is 0 Å². The summed E-state index contributed by atoms with van der Waals surface area (Å²) in [6.07, 6.45) is 3.28. The molecule has 0 aliphatic heterocycles. The van der Waals surface area contributed by atoms with E-state index in [0.717, 1.165) is 27.0 Å². The number of amides is 1. The number of nitrogens with zero attached hydrogens (tertiary/aromatic N) is 2. The second-order valence-corrected chi connectivity index (χ2v) is 5.01. The minimum atomic E-state index is -0.448. The fraction of sp³-hybridized carbons (Fsp3) is 0.0833. The molecule has 3 aromatic rings. The predicted molar refractivity (Wildman–Crippen MR) is 70.5 cm³/mol. The molecule has 90 valence electrons. The lowest BCUT2D eigenvalue weighted by Gasteiger charge is -2.03. The fourth-order valence-electron chi connectivity index (χ4n) is 1.91. The van der Waals surface area contributed by atoms with Crippen molar-refractivity contribution in [1.82, 2.24) is 15.2 Å². The van der Waals surface area contributed by atoms with Crippen molar-refractivity contribution in [2.75, 3.05) is 0 Å². The van der Waals surface area contributed by atoms with Crippen molar-refractivity contribution in [3.8, 4) is 10.6 Å². The number of hydrogen-bond acceptors (Lipinski definition) is 4. The van der Waals surface area contributed by atoms with Crippen molar-refractivity contribution in [2.45, 2.75) is 6.92 Å². The summed E-state index contributed by atoms with van der Waals surface area (Å²) >= 11 is 1.30. The number of H-pyrrole nitrogens is 1. The van der Waals surface area contributed by atoms with Crippen LogP contribution in [0.5, 0.6) is 0 Å². The van der Waals surface area contributed by atoms with E-state index in [9.17, 15) is 4.79 Å². The molecular formula is C12H10N4OS. The van der Waals surface area contributed by atoms with E-state index in [1.165, 1.54) is 17.5 Å². The van der Waals surface area contributed by atoms with E-state index >= 15 is 0 Å². The Morgan fingerprint density at radius 1 is 1.39 bits per heavy atom. The highest BCUT2D eigenvalue weighted by Crippen LogP contribution is 2.33. The average molecular weight is 258 g/mol. The van der Waals surface area contributed by atoms with Crippen LogP contribution in [0.25, 0.3) is 21.5 Å². The summed E-state index contributed by atoms with van der Waals surface area (Å²) < 4.78 is 0. The standard InChI is InChI=1S/C12H10N4OS/c1-6-2-3-8-7(4-15-16-8)10(6)12-14-5-9(18-12)11(13)17/h2-5H,1H3,(H2,13,17)(H,15,16). The molecule has 0 unspecified atom stereocenters. The highest BCUT2D eigenvalue weighted by atomic mass is 32.1. The number of benzene rings is 1. The first-order valence-corrected chi connectivity index (χ1v) is 6.17. The first-order chi connectivity index (χ1) is 8.66. The molecule has 2 heterocycles. The van der Waals surface area contributed by atoms with Gasteiger partial charge in [-0.2, -0.15) is 5.10 Å². The Labute approximate surface area is 107 Å². The number of aromatic nitrogens is 3. The van der Waals surface area contributed by atoms with Gasteiger partial charge in [0.2, 0.25) is 0 Å². The van der Waals surface area contributed by atoms with Crippen molar-refractivity contribution in [2.24, 2.45) is 5.73 Å². The maximum absolute atomic E-state index is 11.1. The zero-order valence-electron chi connectivity index (χ0n) is 9.60. The zero-order chi connectivity index (χ0) is 12.7. The minimum absolute atomic E-state index is 0.448. The van der Waals surface area contributed by atoms with Crippen LogP contribution in [-0.4, -0.2) is 21.1 Å². The van der Waals surface area contributed by atoms with Gasteiger partial charge in [0.25, 0.3) is 5.91 Å². The number of aromatic amines is 1. The second kappa shape index (κ2) is 3.92. The van der Waals surface area contributed by atoms with Gasteiger partial charge in [-0.15, -0.1) is 11.3 Å². The van der Waals surface area contributed by atoms with Crippen LogP contribution in [-0.2, 0) is 0 Å². The smallest absolute Gasteiger partial charge is 0.260 e. The molecule has 1 aromatic carbocycles. The molecule has 0 radical (unpaired) electrons. The van der Waals surface area contributed by atoms with Crippen LogP contribution >= 0.6 is 11.3 Å². The fourth-order valence-corrected chi connectivity index (χ4v) is 2.81. The van der Waals surface area contributed by atoms with Crippen molar-refractivity contribution in [3.63, 3.8) is 0 Å². The number of carbonyl (C=O) groups excluding carboxylic acids is 1. The topological polar surface area (TPSA) is 84.7 Å². The summed E-state index contributed by atoms with van der Waals surface area (Å²) in [4.78, 5) is 15.9. The minimum Gasteiger partial charge on any atom is -0.365 e. The number of nitrogens with two attached hydrogens (primary N) is 1. The van der Waals surface area contributed by atoms with Gasteiger partial charge in [0.1, 0.15) is 9.88 Å². The number of primary amides is 1. The van der Waals surface area contributed by atoms with Gasteiger partial charge in [0.05, 0.1) is 17.9 Å². The van der Waals surface area contributed by atoms with E-state index in [0.29, 0.717) is 4.88 Å². The third kappa shape index (κ3) is 1.58. The molecule has 0 aliphatic rings. The lowest BCUT2D eigenvalue weighted by Crippen LogP contribution is -2.08. The summed E-state index contributed by atoms with van der Waals surface area (Å²) in [5.74, 6) is -0.448. The summed E-state index contributed by atoms with van der Waals surface area (Å²) in [5.41, 5.74) is 8.29. The van der Waals surface area contributed by atoms with Crippen molar-refractivity contribution < 1.29 is 4.79 Å². The van der Waals surface area contributed by atoms with Crippen molar-refractivity contribution in [3.05, 3.63) is 35.0 Å². The van der Waals surface area contributed by atoms with Gasteiger partial charge in [-0.3, -0.25) is 9.89 Å². The molecule has 6 heteroatoms. The molecule has 0 bridgehead atoms. The number of thiazole rings is 1. The number of hydrogen-bond donors (Lipinski definition) is 2. The molecule has 18 heavy (non-hydrogen) atoms. The SMILES string of the molecule is Cc1ccc2[nH]ncc2c1-c1ncc(C(N)=O)s1. The zero-order valence-corrected chi connectivity index (χ0v) is 10.4. The highest BCUT2D eigenvalue weighted by molar-refractivity contribution is 7.17. The van der Waals surface area contributed by atoms with E-state index in [2.05, 4.69) is 15.2 Å². The van der Waals surface area contributed by atoms with Gasteiger partial charge in [-0.05, 0) is 18.6 Å². The molecule has 0 spiro atoms. The maximum atomic E-state index is 11.1. The third-order valence-corrected chi connectivity index (χ3v) is 3.82. The van der Waals surface area contributed by atoms with Crippen LogP contribution in [0.4, 0.5) is 0 Å². The van der Waals surface area contributed by atoms with Gasteiger partial charge in [-0.1, -0.05) is 6.07 Å². The van der Waals surface area contributed by atoms with Crippen molar-refractivity contribution >= 4 is 28.1 Å². The van der Waals surface area contributed by atoms with E-state index in [1.54, 1.807) is 6.20 Å². The number of aryl methyl sites for hydroxylation is 1. The normalized spacial score (nSPS) is 10.9. The van der Waals surface area contributed by atoms with E-state index < -0.39 is 5.91 Å². The maximum Gasteiger partial charge on any atom is 0.260 e. The van der Waals surface area contributed by atoms with Crippen molar-refractivity contribution in [1.29, 1.82) is 0 Å². The number of carbonyl (C=O) groups is 1. The van der Waals surface area contributed by atoms with Crippen LogP contribution < -0.4 is 5.73 Å². The lowest BCUT2D eigenvalue weighted by atomic mass is 10.1. The molecule has 2 aromatic heterocycles. The van der Waals surface area contributed by atoms with Gasteiger partial charge in [-0.25, -0.2) is 4.98 Å².